The minimum absolute atomic E-state index is 0. The van der Waals surface area contributed by atoms with E-state index in [1.54, 1.807) is 39.2 Å². The Balaban J connectivity index is 0.00000300. The Labute approximate surface area is 283 Å². The van der Waals surface area contributed by atoms with Crippen LogP contribution in [0, 0.1) is 11.8 Å². The Bertz CT molecular complexity index is 1680. The largest absolute Gasteiger partial charge is 0.508 e. The fraction of sp³-hybridized carbons (Fsp3) is 0.375. The number of hydrogen-bond acceptors (Lipinski definition) is 11. The molecule has 3 aliphatic carbocycles. The lowest BCUT2D eigenvalue weighted by Crippen LogP contribution is -2.65. The number of likely N-dealkylation sites (N-methyl/N-ethyl adjacent to an activating group) is 1. The quantitative estimate of drug-likeness (QED) is 0.156. The number of Topliss-reactive ketones (excluding diaryl/α,β-unsaturated/α-hetero) is 2. The molecule has 5 rings (SSSR count). The molecule has 2 aromatic carbocycles. The SMILES string of the molecule is CN(C)c1cc(NC(=O)CNCc2ccccc2)c(O)c2c1CC1CC3[C@H](N(C)C)C(=O)C(C(N)=O)=C(O)[C@@]3(O)C(=O)C1=C2O.Cl.Cl. The van der Waals surface area contributed by atoms with Gasteiger partial charge in [0.15, 0.2) is 11.4 Å². The van der Waals surface area contributed by atoms with Crippen molar-refractivity contribution < 1.29 is 39.6 Å². The number of amides is 2. The number of hydrogen-bond donors (Lipinski definition) is 7. The molecule has 0 aliphatic heterocycles. The van der Waals surface area contributed by atoms with Crippen molar-refractivity contribution in [3.8, 4) is 5.75 Å². The number of fused-ring (bicyclic) bond motifs is 3. The topological polar surface area (TPSA) is 206 Å². The number of anilines is 2. The van der Waals surface area contributed by atoms with Crippen molar-refractivity contribution in [3.63, 3.8) is 0 Å². The number of aliphatic hydroxyl groups excluding tert-OH is 2. The van der Waals surface area contributed by atoms with Gasteiger partial charge in [0.25, 0.3) is 5.91 Å². The summed E-state index contributed by atoms with van der Waals surface area (Å²) >= 11 is 0. The first kappa shape index (κ1) is 37.3. The van der Waals surface area contributed by atoms with Gasteiger partial charge in [0.05, 0.1) is 23.8 Å². The number of carbonyl (C=O) groups is 4. The molecule has 13 nitrogen and oxygen atoms in total. The summed E-state index contributed by atoms with van der Waals surface area (Å²) in [6, 6.07) is 9.88. The number of phenols is 1. The number of nitrogens with two attached hydrogens (primary N) is 1. The highest BCUT2D eigenvalue weighted by atomic mass is 35.5. The maximum Gasteiger partial charge on any atom is 0.255 e. The summed E-state index contributed by atoms with van der Waals surface area (Å²) < 4.78 is 0. The molecule has 8 N–H and O–H groups in total. The summed E-state index contributed by atoms with van der Waals surface area (Å²) in [5.41, 5.74) is 3.41. The molecule has 254 valence electrons. The first-order valence-electron chi connectivity index (χ1n) is 14.5. The van der Waals surface area contributed by atoms with Gasteiger partial charge in [-0.3, -0.25) is 24.1 Å². The third kappa shape index (κ3) is 6.17. The summed E-state index contributed by atoms with van der Waals surface area (Å²) in [4.78, 5) is 55.6. The maximum atomic E-state index is 14.1. The molecule has 2 unspecified atom stereocenters. The van der Waals surface area contributed by atoms with Gasteiger partial charge in [0.1, 0.15) is 22.8 Å². The molecule has 0 aromatic heterocycles. The molecule has 0 saturated heterocycles. The molecule has 1 fully saturated rings. The summed E-state index contributed by atoms with van der Waals surface area (Å²) in [5.74, 6) is -7.84. The number of rotatable bonds is 8. The predicted octanol–water partition coefficient (Wildman–Crippen LogP) is 1.60. The lowest BCUT2D eigenvalue weighted by molar-refractivity contribution is -0.153. The number of phenolic OH excluding ortho intramolecular Hbond substituents is 1. The van der Waals surface area contributed by atoms with Gasteiger partial charge in [-0.2, -0.15) is 0 Å². The number of carbonyl (C=O) groups excluding carboxylic acids is 4. The van der Waals surface area contributed by atoms with E-state index < -0.39 is 69.7 Å². The molecular formula is C32H39Cl2N5O8. The highest BCUT2D eigenvalue weighted by Gasteiger charge is 2.64. The lowest BCUT2D eigenvalue weighted by atomic mass is 9.57. The van der Waals surface area contributed by atoms with Crippen LogP contribution in [0.3, 0.4) is 0 Å². The summed E-state index contributed by atoms with van der Waals surface area (Å²) in [6.07, 6.45) is 0.105. The average Bonchev–Trinajstić information content (AvgIpc) is 2.96. The van der Waals surface area contributed by atoms with Crippen LogP contribution in [-0.4, -0.2) is 95.1 Å². The van der Waals surface area contributed by atoms with Crippen LogP contribution < -0.4 is 21.3 Å². The summed E-state index contributed by atoms with van der Waals surface area (Å²) in [7, 11) is 6.58. The van der Waals surface area contributed by atoms with E-state index in [1.807, 2.05) is 30.3 Å². The molecule has 4 atom stereocenters. The molecule has 0 heterocycles. The Morgan fingerprint density at radius 2 is 1.68 bits per heavy atom. The molecule has 15 heteroatoms. The molecular weight excluding hydrogens is 653 g/mol. The predicted molar refractivity (Wildman–Crippen MR) is 180 cm³/mol. The van der Waals surface area contributed by atoms with Gasteiger partial charge >= 0.3 is 0 Å². The molecule has 2 amide bonds. The van der Waals surface area contributed by atoms with E-state index in [1.165, 1.54) is 4.90 Å². The third-order valence-electron chi connectivity index (χ3n) is 8.91. The van der Waals surface area contributed by atoms with Gasteiger partial charge in [0, 0.05) is 37.8 Å². The fourth-order valence-electron chi connectivity index (χ4n) is 6.90. The van der Waals surface area contributed by atoms with Crippen molar-refractivity contribution in [3.05, 3.63) is 70.0 Å². The highest BCUT2D eigenvalue weighted by Crippen LogP contribution is 2.54. The van der Waals surface area contributed by atoms with Crippen LogP contribution in [0.1, 0.15) is 23.1 Å². The van der Waals surface area contributed by atoms with Crippen molar-refractivity contribution in [1.82, 2.24) is 10.2 Å². The number of aliphatic hydroxyl groups is 3. The van der Waals surface area contributed by atoms with E-state index in [9.17, 15) is 39.6 Å². The van der Waals surface area contributed by atoms with Gasteiger partial charge in [-0.1, -0.05) is 30.3 Å². The smallest absolute Gasteiger partial charge is 0.255 e. The molecule has 0 radical (unpaired) electrons. The number of primary amides is 1. The average molecular weight is 693 g/mol. The molecule has 3 aliphatic rings. The Hall–Kier alpha value is -4.14. The lowest BCUT2D eigenvalue weighted by Gasteiger charge is -2.50. The van der Waals surface area contributed by atoms with E-state index >= 15 is 0 Å². The van der Waals surface area contributed by atoms with Crippen molar-refractivity contribution in [1.29, 1.82) is 0 Å². The van der Waals surface area contributed by atoms with Crippen LogP contribution in [0.15, 0.2) is 53.3 Å². The van der Waals surface area contributed by atoms with Gasteiger partial charge in [0.2, 0.25) is 11.7 Å². The minimum Gasteiger partial charge on any atom is -0.508 e. The van der Waals surface area contributed by atoms with Gasteiger partial charge < -0.3 is 41.7 Å². The van der Waals surface area contributed by atoms with Crippen LogP contribution >= 0.6 is 24.8 Å². The van der Waals surface area contributed by atoms with Gasteiger partial charge in [-0.15, -0.1) is 24.8 Å². The van der Waals surface area contributed by atoms with E-state index in [0.29, 0.717) is 17.8 Å². The summed E-state index contributed by atoms with van der Waals surface area (Å²) in [6.45, 7) is 0.358. The first-order valence-corrected chi connectivity index (χ1v) is 14.5. The molecule has 2 aromatic rings. The number of ketones is 2. The number of nitrogens with one attached hydrogen (secondary N) is 2. The number of aromatic hydroxyl groups is 1. The van der Waals surface area contributed by atoms with Crippen LogP contribution in [0.25, 0.3) is 5.76 Å². The van der Waals surface area contributed by atoms with E-state index in [-0.39, 0.29) is 61.0 Å². The van der Waals surface area contributed by atoms with Gasteiger partial charge in [-0.05, 0) is 50.0 Å². The molecule has 0 bridgehead atoms. The van der Waals surface area contributed by atoms with Crippen molar-refractivity contribution in [2.45, 2.75) is 31.0 Å². The molecule has 0 spiro atoms. The van der Waals surface area contributed by atoms with Crippen molar-refractivity contribution in [2.75, 3.05) is 45.0 Å². The normalized spacial score (nSPS) is 23.2. The number of halogens is 2. The second-order valence-electron chi connectivity index (χ2n) is 12.1. The van der Waals surface area contributed by atoms with E-state index in [2.05, 4.69) is 10.6 Å². The van der Waals surface area contributed by atoms with E-state index in [4.69, 9.17) is 5.73 Å². The fourth-order valence-corrected chi connectivity index (χ4v) is 6.90. The third-order valence-corrected chi connectivity index (χ3v) is 8.91. The Morgan fingerprint density at radius 1 is 1.04 bits per heavy atom. The number of nitrogens with zero attached hydrogens (tertiary/aromatic N) is 2. The standard InChI is InChI=1S/C32H37N5O8.2ClH/c1-36(2)20-12-19(35-21(38)14-34-13-15-8-6-5-7-9-15)26(39)23-17(20)10-16-11-18-25(37(3)4)28(41)24(31(33)44)30(43)32(18,45)29(42)22(16)27(23)40;;/h5-9,12,16,18,25,34,39-40,43,45H,10-11,13-14H2,1-4H3,(H2,33,44)(H,35,38);2*1H/t16?,18?,25-,32-;;/m0../s1. The zero-order chi connectivity index (χ0) is 33.0. The summed E-state index contributed by atoms with van der Waals surface area (Å²) in [5, 5.41) is 51.5. The highest BCUT2D eigenvalue weighted by molar-refractivity contribution is 6.24. The Kier molecular flexibility index (Phi) is 11.1. The second kappa shape index (κ2) is 13.9. The van der Waals surface area contributed by atoms with E-state index in [0.717, 1.165) is 5.56 Å². The number of benzene rings is 2. The molecule has 1 saturated carbocycles. The minimum atomic E-state index is -2.74. The van der Waals surface area contributed by atoms with Gasteiger partial charge in [-0.25, -0.2) is 0 Å². The monoisotopic (exact) mass is 691 g/mol. The van der Waals surface area contributed by atoms with Crippen LogP contribution in [0.4, 0.5) is 11.4 Å². The first-order chi connectivity index (χ1) is 21.2. The zero-order valence-corrected chi connectivity index (χ0v) is 27.9. The van der Waals surface area contributed by atoms with Crippen LogP contribution in [-0.2, 0) is 32.1 Å². The van der Waals surface area contributed by atoms with Crippen LogP contribution in [0.2, 0.25) is 0 Å². The molecule has 47 heavy (non-hydrogen) atoms. The Morgan fingerprint density at radius 3 is 2.26 bits per heavy atom. The van der Waals surface area contributed by atoms with Crippen LogP contribution in [0.5, 0.6) is 5.75 Å². The second-order valence-corrected chi connectivity index (χ2v) is 12.1. The van der Waals surface area contributed by atoms with Crippen molar-refractivity contribution >= 4 is 65.3 Å². The van der Waals surface area contributed by atoms with Crippen molar-refractivity contribution in [2.24, 2.45) is 17.6 Å². The maximum absolute atomic E-state index is 14.1. The zero-order valence-electron chi connectivity index (χ0n) is 26.2.